The van der Waals surface area contributed by atoms with E-state index in [1.54, 1.807) is 47.6 Å². The number of ether oxygens (including phenoxy) is 1. The van der Waals surface area contributed by atoms with Gasteiger partial charge >= 0.3 is 0 Å². The van der Waals surface area contributed by atoms with Crippen molar-refractivity contribution < 1.29 is 17.9 Å². The minimum Gasteiger partial charge on any atom is -0.489 e. The van der Waals surface area contributed by atoms with Gasteiger partial charge < -0.3 is 9.64 Å². The maximum Gasteiger partial charge on any atom is 0.251 e. The Morgan fingerprint density at radius 2 is 1.89 bits per heavy atom. The first-order valence-electron chi connectivity index (χ1n) is 11.7. The van der Waals surface area contributed by atoms with Gasteiger partial charge in [-0.25, -0.2) is 8.42 Å². The van der Waals surface area contributed by atoms with Gasteiger partial charge in [-0.3, -0.25) is 9.78 Å². The summed E-state index contributed by atoms with van der Waals surface area (Å²) in [7, 11) is -3.53. The summed E-state index contributed by atoms with van der Waals surface area (Å²) in [5, 5.41) is 0. The van der Waals surface area contributed by atoms with E-state index >= 15 is 0 Å². The Balaban J connectivity index is 1.40. The van der Waals surface area contributed by atoms with Gasteiger partial charge in [0.05, 0.1) is 4.90 Å². The summed E-state index contributed by atoms with van der Waals surface area (Å²) in [6.45, 7) is 5.45. The van der Waals surface area contributed by atoms with Gasteiger partial charge in [-0.05, 0) is 60.0 Å². The Bertz CT molecular complexity index is 1300. The van der Waals surface area contributed by atoms with Gasteiger partial charge in [0.25, 0.3) is 5.91 Å². The lowest BCUT2D eigenvalue weighted by molar-refractivity contribution is -0.114. The monoisotopic (exact) mass is 491 g/mol. The van der Waals surface area contributed by atoms with Crippen LogP contribution in [0, 0.1) is 0 Å². The van der Waals surface area contributed by atoms with Crippen LogP contribution in [-0.4, -0.2) is 43.2 Å². The number of anilines is 1. The third-order valence-corrected chi connectivity index (χ3v) is 8.03. The van der Waals surface area contributed by atoms with E-state index in [9.17, 15) is 13.2 Å². The third kappa shape index (κ3) is 5.61. The second-order valence-corrected chi connectivity index (χ2v) is 10.1. The molecule has 0 N–H and O–H groups in total. The number of pyridine rings is 1. The molecule has 3 aromatic rings. The van der Waals surface area contributed by atoms with Crippen LogP contribution < -0.4 is 9.64 Å². The summed E-state index contributed by atoms with van der Waals surface area (Å²) in [4.78, 5) is 18.9. The molecule has 1 aromatic heterocycles. The topological polar surface area (TPSA) is 79.8 Å². The van der Waals surface area contributed by atoms with Crippen LogP contribution in [0.5, 0.6) is 5.75 Å². The predicted octanol–water partition coefficient (Wildman–Crippen LogP) is 4.29. The molecule has 2 aromatic carbocycles. The summed E-state index contributed by atoms with van der Waals surface area (Å²) in [5.74, 6) is 0.598. The number of rotatable bonds is 9. The highest BCUT2D eigenvalue weighted by atomic mass is 32.2. The zero-order chi connectivity index (χ0) is 24.8. The van der Waals surface area contributed by atoms with Crippen LogP contribution in [0.15, 0.2) is 78.0 Å². The van der Waals surface area contributed by atoms with Gasteiger partial charge in [-0.15, -0.1) is 0 Å². The smallest absolute Gasteiger partial charge is 0.251 e. The highest BCUT2D eigenvalue weighted by Crippen LogP contribution is 2.31. The van der Waals surface area contributed by atoms with Gasteiger partial charge in [0.15, 0.2) is 0 Å². The number of carbonyl (C=O) groups excluding carboxylic acids is 1. The first-order chi connectivity index (χ1) is 16.9. The minimum absolute atomic E-state index is 0.139. The number of hydrogen-bond donors (Lipinski definition) is 0. The van der Waals surface area contributed by atoms with Crippen LogP contribution >= 0.6 is 0 Å². The molecule has 1 aliphatic heterocycles. The van der Waals surface area contributed by atoms with Gasteiger partial charge in [0, 0.05) is 49.4 Å². The minimum atomic E-state index is -3.53. The van der Waals surface area contributed by atoms with Crippen LogP contribution in [-0.2, 0) is 27.8 Å². The van der Waals surface area contributed by atoms with Crippen molar-refractivity contribution in [1.82, 2.24) is 9.29 Å². The normalized spacial score (nSPS) is 13.4. The molecule has 0 saturated heterocycles. The molecule has 0 fully saturated rings. The van der Waals surface area contributed by atoms with E-state index < -0.39 is 10.0 Å². The number of benzene rings is 2. The van der Waals surface area contributed by atoms with Crippen molar-refractivity contribution in [2.24, 2.45) is 0 Å². The van der Waals surface area contributed by atoms with Gasteiger partial charge in [0.1, 0.15) is 12.4 Å². The Hall–Kier alpha value is -3.49. The fourth-order valence-corrected chi connectivity index (χ4v) is 5.57. The van der Waals surface area contributed by atoms with Crippen LogP contribution in [0.2, 0.25) is 0 Å². The standard InChI is InChI=1S/C27H29N3O4S/c1-3-29(4-2)35(32,33)25-12-13-26-23(18-25)15-17-30(26)27(31)14-9-21-7-10-24(11-8-21)34-20-22-6-5-16-28-19-22/h5-14,16,18-19H,3-4,15,17,20H2,1-2H3/b14-9+. The molecule has 0 bridgehead atoms. The number of sulfonamides is 1. The first kappa shape index (κ1) is 24.6. The maximum absolute atomic E-state index is 12.9. The quantitative estimate of drug-likeness (QED) is 0.417. The van der Waals surface area contributed by atoms with E-state index in [4.69, 9.17) is 4.74 Å². The Labute approximate surface area is 206 Å². The Morgan fingerprint density at radius 3 is 2.57 bits per heavy atom. The van der Waals surface area contributed by atoms with Crippen LogP contribution in [0.3, 0.4) is 0 Å². The van der Waals surface area contributed by atoms with Crippen molar-refractivity contribution in [1.29, 1.82) is 0 Å². The molecule has 0 unspecified atom stereocenters. The number of amides is 1. The lowest BCUT2D eigenvalue weighted by atomic mass is 10.2. The Kier molecular flexibility index (Phi) is 7.63. The van der Waals surface area contributed by atoms with Crippen LogP contribution in [0.1, 0.15) is 30.5 Å². The van der Waals surface area contributed by atoms with E-state index in [1.807, 2.05) is 50.2 Å². The van der Waals surface area contributed by atoms with E-state index in [0.717, 1.165) is 28.1 Å². The predicted molar refractivity (Wildman–Crippen MR) is 137 cm³/mol. The molecular weight excluding hydrogens is 462 g/mol. The molecule has 1 aliphatic rings. The SMILES string of the molecule is CCN(CC)S(=O)(=O)c1ccc2c(c1)CCN2C(=O)/C=C/c1ccc(OCc2cccnc2)cc1. The summed E-state index contributed by atoms with van der Waals surface area (Å²) < 4.78 is 32.9. The highest BCUT2D eigenvalue weighted by molar-refractivity contribution is 7.89. The lowest BCUT2D eigenvalue weighted by Gasteiger charge is -2.19. The fraction of sp³-hybridized carbons (Fsp3) is 0.259. The molecular formula is C27H29N3O4S. The van der Waals surface area contributed by atoms with Gasteiger partial charge in [0.2, 0.25) is 10.0 Å². The summed E-state index contributed by atoms with van der Waals surface area (Å²) in [5.41, 5.74) is 3.50. The zero-order valence-electron chi connectivity index (χ0n) is 19.9. The molecule has 182 valence electrons. The second-order valence-electron chi connectivity index (χ2n) is 8.17. The molecule has 0 saturated carbocycles. The van der Waals surface area contributed by atoms with Crippen molar-refractivity contribution in [2.45, 2.75) is 31.8 Å². The van der Waals surface area contributed by atoms with E-state index in [1.165, 1.54) is 4.31 Å². The molecule has 2 heterocycles. The van der Waals surface area contributed by atoms with E-state index in [0.29, 0.717) is 32.7 Å². The summed E-state index contributed by atoms with van der Waals surface area (Å²) in [6, 6.07) is 16.4. The number of aromatic nitrogens is 1. The summed E-state index contributed by atoms with van der Waals surface area (Å²) >= 11 is 0. The molecule has 8 heteroatoms. The molecule has 0 radical (unpaired) electrons. The zero-order valence-corrected chi connectivity index (χ0v) is 20.7. The molecule has 0 aliphatic carbocycles. The Morgan fingerprint density at radius 1 is 1.11 bits per heavy atom. The van der Waals surface area contributed by atoms with E-state index in [-0.39, 0.29) is 10.8 Å². The van der Waals surface area contributed by atoms with Crippen molar-refractivity contribution in [3.8, 4) is 5.75 Å². The molecule has 35 heavy (non-hydrogen) atoms. The largest absolute Gasteiger partial charge is 0.489 e. The molecule has 1 amide bonds. The maximum atomic E-state index is 12.9. The molecule has 7 nitrogen and oxygen atoms in total. The van der Waals surface area contributed by atoms with Gasteiger partial charge in [-0.2, -0.15) is 4.31 Å². The first-order valence-corrected chi connectivity index (χ1v) is 13.1. The average Bonchev–Trinajstić information content (AvgIpc) is 3.31. The van der Waals surface area contributed by atoms with Gasteiger partial charge in [-0.1, -0.05) is 32.0 Å². The number of nitrogens with zero attached hydrogens (tertiary/aromatic N) is 3. The van der Waals surface area contributed by atoms with Crippen molar-refractivity contribution in [2.75, 3.05) is 24.5 Å². The van der Waals surface area contributed by atoms with Crippen molar-refractivity contribution >= 4 is 27.7 Å². The van der Waals surface area contributed by atoms with Crippen LogP contribution in [0.25, 0.3) is 6.08 Å². The number of carbonyl (C=O) groups is 1. The molecule has 0 atom stereocenters. The average molecular weight is 492 g/mol. The number of hydrogen-bond acceptors (Lipinski definition) is 5. The second kappa shape index (κ2) is 10.8. The fourth-order valence-electron chi connectivity index (χ4n) is 4.06. The molecule has 4 rings (SSSR count). The lowest BCUT2D eigenvalue weighted by Crippen LogP contribution is -2.30. The summed E-state index contributed by atoms with van der Waals surface area (Å²) in [6.07, 6.45) is 7.43. The third-order valence-electron chi connectivity index (χ3n) is 5.98. The van der Waals surface area contributed by atoms with E-state index in [2.05, 4.69) is 4.98 Å². The van der Waals surface area contributed by atoms with Crippen molar-refractivity contribution in [3.63, 3.8) is 0 Å². The highest BCUT2D eigenvalue weighted by Gasteiger charge is 2.27. The van der Waals surface area contributed by atoms with Crippen molar-refractivity contribution in [3.05, 3.63) is 89.8 Å². The van der Waals surface area contributed by atoms with Crippen LogP contribution in [0.4, 0.5) is 5.69 Å². The molecule has 0 spiro atoms. The number of fused-ring (bicyclic) bond motifs is 1.